The Kier molecular flexibility index (Phi) is 6.77. The van der Waals surface area contributed by atoms with Crippen molar-refractivity contribution < 1.29 is 14.8 Å². The second kappa shape index (κ2) is 8.33. The quantitative estimate of drug-likeness (QED) is 0.561. The number of hydrogen-bond acceptors (Lipinski definition) is 5. The van der Waals surface area contributed by atoms with Crippen LogP contribution in [-0.2, 0) is 4.79 Å². The molecular formula is C14H21N3O4. The molecule has 0 saturated carbocycles. The van der Waals surface area contributed by atoms with Gasteiger partial charge in [-0.15, -0.1) is 0 Å². The topological polar surface area (TPSA) is 95.7 Å². The highest BCUT2D eigenvalue weighted by atomic mass is 16.6. The SMILES string of the molecule is CC(C)N(CCCO)CC(=O)Nc1ccccc1[N+](=O)[O-]. The molecule has 0 atom stereocenters. The highest BCUT2D eigenvalue weighted by Gasteiger charge is 2.17. The van der Waals surface area contributed by atoms with E-state index < -0.39 is 4.92 Å². The number of aliphatic hydroxyl groups excluding tert-OH is 1. The van der Waals surface area contributed by atoms with Crippen LogP contribution in [0.15, 0.2) is 24.3 Å². The molecule has 1 aromatic carbocycles. The Labute approximate surface area is 123 Å². The molecule has 0 heterocycles. The molecule has 1 aromatic rings. The first kappa shape index (κ1) is 17.1. The molecule has 0 unspecified atom stereocenters. The van der Waals surface area contributed by atoms with Crippen molar-refractivity contribution in [2.24, 2.45) is 0 Å². The van der Waals surface area contributed by atoms with E-state index in [0.717, 1.165) is 0 Å². The summed E-state index contributed by atoms with van der Waals surface area (Å²) in [5, 5.41) is 22.3. The van der Waals surface area contributed by atoms with Crippen LogP contribution in [0.4, 0.5) is 11.4 Å². The maximum absolute atomic E-state index is 12.0. The minimum Gasteiger partial charge on any atom is -0.396 e. The van der Waals surface area contributed by atoms with E-state index in [1.165, 1.54) is 12.1 Å². The molecule has 0 aliphatic heterocycles. The first-order chi connectivity index (χ1) is 9.95. The third kappa shape index (κ3) is 5.49. The second-order valence-electron chi connectivity index (χ2n) is 4.96. The number of nitrogens with one attached hydrogen (secondary N) is 1. The van der Waals surface area contributed by atoms with Crippen LogP contribution in [0.5, 0.6) is 0 Å². The van der Waals surface area contributed by atoms with Crippen molar-refractivity contribution in [1.29, 1.82) is 0 Å². The molecule has 0 bridgehead atoms. The van der Waals surface area contributed by atoms with Crippen LogP contribution in [0.1, 0.15) is 20.3 Å². The van der Waals surface area contributed by atoms with Crippen LogP contribution < -0.4 is 5.32 Å². The minimum atomic E-state index is -0.526. The number of nitro benzene ring substituents is 1. The zero-order valence-electron chi connectivity index (χ0n) is 12.3. The molecule has 0 aliphatic carbocycles. The van der Waals surface area contributed by atoms with Gasteiger partial charge in [0.25, 0.3) is 5.69 Å². The molecule has 1 rings (SSSR count). The van der Waals surface area contributed by atoms with Gasteiger partial charge in [0, 0.05) is 25.3 Å². The molecule has 0 saturated heterocycles. The fourth-order valence-corrected chi connectivity index (χ4v) is 1.91. The summed E-state index contributed by atoms with van der Waals surface area (Å²) in [6.07, 6.45) is 0.580. The van der Waals surface area contributed by atoms with Crippen molar-refractivity contribution in [2.75, 3.05) is 25.0 Å². The third-order valence-corrected chi connectivity index (χ3v) is 3.06. The average Bonchev–Trinajstić information content (AvgIpc) is 2.43. The van der Waals surface area contributed by atoms with Gasteiger partial charge in [0.1, 0.15) is 5.69 Å². The zero-order valence-corrected chi connectivity index (χ0v) is 12.3. The Hall–Kier alpha value is -1.99. The van der Waals surface area contributed by atoms with Gasteiger partial charge in [0.15, 0.2) is 0 Å². The van der Waals surface area contributed by atoms with Crippen LogP contribution in [0.25, 0.3) is 0 Å². The minimum absolute atomic E-state index is 0.0645. The second-order valence-corrected chi connectivity index (χ2v) is 4.96. The first-order valence-electron chi connectivity index (χ1n) is 6.84. The van der Waals surface area contributed by atoms with Crippen LogP contribution >= 0.6 is 0 Å². The van der Waals surface area contributed by atoms with E-state index in [9.17, 15) is 14.9 Å². The number of carbonyl (C=O) groups is 1. The van der Waals surface area contributed by atoms with Crippen LogP contribution in [-0.4, -0.2) is 46.6 Å². The number of rotatable bonds is 8. The molecule has 0 radical (unpaired) electrons. The predicted molar refractivity (Wildman–Crippen MR) is 80.1 cm³/mol. The van der Waals surface area contributed by atoms with Crippen LogP contribution in [0.3, 0.4) is 0 Å². The molecule has 0 aliphatic rings. The zero-order chi connectivity index (χ0) is 15.8. The van der Waals surface area contributed by atoms with Crippen molar-refractivity contribution in [1.82, 2.24) is 4.90 Å². The fourth-order valence-electron chi connectivity index (χ4n) is 1.91. The lowest BCUT2D eigenvalue weighted by molar-refractivity contribution is -0.383. The van der Waals surface area contributed by atoms with Crippen molar-refractivity contribution in [3.05, 3.63) is 34.4 Å². The molecule has 7 heteroatoms. The smallest absolute Gasteiger partial charge is 0.292 e. The predicted octanol–water partition coefficient (Wildman–Crippen LogP) is 1.63. The molecule has 0 aromatic heterocycles. The number of nitrogens with zero attached hydrogens (tertiary/aromatic N) is 2. The normalized spacial score (nSPS) is 10.9. The molecule has 0 fully saturated rings. The number of carbonyl (C=O) groups excluding carboxylic acids is 1. The van der Waals surface area contributed by atoms with Gasteiger partial charge < -0.3 is 10.4 Å². The van der Waals surface area contributed by atoms with E-state index in [4.69, 9.17) is 5.11 Å². The summed E-state index contributed by atoms with van der Waals surface area (Å²) in [6.45, 7) is 4.70. The Morgan fingerprint density at radius 3 is 2.67 bits per heavy atom. The average molecular weight is 295 g/mol. The summed E-state index contributed by atoms with van der Waals surface area (Å²) in [4.78, 5) is 24.3. The molecule has 1 amide bonds. The van der Waals surface area contributed by atoms with Gasteiger partial charge in [-0.1, -0.05) is 12.1 Å². The molecule has 0 spiro atoms. The molecular weight excluding hydrogens is 274 g/mol. The Morgan fingerprint density at radius 2 is 2.10 bits per heavy atom. The van der Waals surface area contributed by atoms with Crippen molar-refractivity contribution >= 4 is 17.3 Å². The van der Waals surface area contributed by atoms with Crippen LogP contribution in [0.2, 0.25) is 0 Å². The number of para-hydroxylation sites is 2. The number of amides is 1. The lowest BCUT2D eigenvalue weighted by Crippen LogP contribution is -2.39. The third-order valence-electron chi connectivity index (χ3n) is 3.06. The molecule has 21 heavy (non-hydrogen) atoms. The number of anilines is 1. The number of hydrogen-bond donors (Lipinski definition) is 2. The largest absolute Gasteiger partial charge is 0.396 e. The maximum atomic E-state index is 12.0. The van der Waals surface area contributed by atoms with E-state index >= 15 is 0 Å². The summed E-state index contributed by atoms with van der Waals surface area (Å²) in [6, 6.07) is 6.18. The first-order valence-corrected chi connectivity index (χ1v) is 6.84. The Morgan fingerprint density at radius 1 is 1.43 bits per heavy atom. The van der Waals surface area contributed by atoms with Gasteiger partial charge in [-0.25, -0.2) is 0 Å². The summed E-state index contributed by atoms with van der Waals surface area (Å²) in [5.74, 6) is -0.309. The monoisotopic (exact) mass is 295 g/mol. The van der Waals surface area contributed by atoms with Crippen molar-refractivity contribution in [3.8, 4) is 0 Å². The maximum Gasteiger partial charge on any atom is 0.292 e. The van der Waals surface area contributed by atoms with E-state index in [0.29, 0.717) is 13.0 Å². The Bertz CT molecular complexity index is 491. The van der Waals surface area contributed by atoms with Gasteiger partial charge in [-0.05, 0) is 26.3 Å². The molecule has 116 valence electrons. The van der Waals surface area contributed by atoms with Crippen molar-refractivity contribution in [2.45, 2.75) is 26.3 Å². The van der Waals surface area contributed by atoms with Gasteiger partial charge in [-0.2, -0.15) is 0 Å². The van der Waals surface area contributed by atoms with E-state index in [1.807, 2.05) is 18.7 Å². The van der Waals surface area contributed by atoms with Gasteiger partial charge in [0.05, 0.1) is 11.5 Å². The summed E-state index contributed by atoms with van der Waals surface area (Å²) >= 11 is 0. The summed E-state index contributed by atoms with van der Waals surface area (Å²) < 4.78 is 0. The van der Waals surface area contributed by atoms with Gasteiger partial charge in [-0.3, -0.25) is 19.8 Å². The molecule has 2 N–H and O–H groups in total. The van der Waals surface area contributed by atoms with E-state index in [1.54, 1.807) is 12.1 Å². The lowest BCUT2D eigenvalue weighted by Gasteiger charge is -2.25. The highest BCUT2D eigenvalue weighted by molar-refractivity contribution is 5.94. The number of benzene rings is 1. The Balaban J connectivity index is 2.70. The van der Waals surface area contributed by atoms with Crippen LogP contribution in [0, 0.1) is 10.1 Å². The summed E-state index contributed by atoms with van der Waals surface area (Å²) in [7, 11) is 0. The molecule has 7 nitrogen and oxygen atoms in total. The number of aliphatic hydroxyl groups is 1. The van der Waals surface area contributed by atoms with E-state index in [2.05, 4.69) is 5.32 Å². The van der Waals surface area contributed by atoms with E-state index in [-0.39, 0.29) is 36.5 Å². The highest BCUT2D eigenvalue weighted by Crippen LogP contribution is 2.23. The number of nitro groups is 1. The fraction of sp³-hybridized carbons (Fsp3) is 0.500. The lowest BCUT2D eigenvalue weighted by atomic mass is 10.2. The van der Waals surface area contributed by atoms with Crippen molar-refractivity contribution in [3.63, 3.8) is 0 Å². The van der Waals surface area contributed by atoms with Gasteiger partial charge in [0.2, 0.25) is 5.91 Å². The van der Waals surface area contributed by atoms with Gasteiger partial charge >= 0.3 is 0 Å². The standard InChI is InChI=1S/C14H21N3O4/c1-11(2)16(8-5-9-18)10-14(19)15-12-6-3-4-7-13(12)17(20)21/h3-4,6-7,11,18H,5,8-10H2,1-2H3,(H,15,19). The summed E-state index contributed by atoms with van der Waals surface area (Å²) in [5.41, 5.74) is 0.0654.